The lowest BCUT2D eigenvalue weighted by Crippen LogP contribution is -2.49. The standard InChI is InChI=1S/C20H34O2/c1-14(13-18(21)22)9-11-19(4)16(3)10-12-20(5)15(2)7-6-8-17(19)20/h7,14,16-17H,6,8-13H2,1-5H3,(H,21,22)/t14-,16+,17+,19-,20+/m1/s1. The normalized spacial score (nSPS) is 39.8. The van der Waals surface area contributed by atoms with Crippen LogP contribution in [0.2, 0.25) is 0 Å². The molecule has 22 heavy (non-hydrogen) atoms. The zero-order valence-corrected chi connectivity index (χ0v) is 15.1. The molecule has 0 aromatic rings. The predicted octanol–water partition coefficient (Wildman–Crippen LogP) is 5.68. The van der Waals surface area contributed by atoms with Gasteiger partial charge in [-0.2, -0.15) is 0 Å². The molecule has 2 rings (SSSR count). The molecule has 1 fully saturated rings. The molecule has 1 N–H and O–H groups in total. The number of carbonyl (C=O) groups is 1. The third kappa shape index (κ3) is 3.12. The molecule has 2 aliphatic carbocycles. The van der Waals surface area contributed by atoms with E-state index in [-0.39, 0.29) is 5.92 Å². The summed E-state index contributed by atoms with van der Waals surface area (Å²) >= 11 is 0. The average Bonchev–Trinajstić information content (AvgIpc) is 2.43. The maximum absolute atomic E-state index is 10.9. The van der Waals surface area contributed by atoms with E-state index in [2.05, 4.69) is 40.7 Å². The molecule has 0 radical (unpaired) electrons. The van der Waals surface area contributed by atoms with Crippen molar-refractivity contribution in [1.82, 2.24) is 0 Å². The van der Waals surface area contributed by atoms with Gasteiger partial charge in [-0.05, 0) is 74.0 Å². The lowest BCUT2D eigenvalue weighted by Gasteiger charge is -2.58. The van der Waals surface area contributed by atoms with Crippen molar-refractivity contribution < 1.29 is 9.90 Å². The van der Waals surface area contributed by atoms with Crippen LogP contribution in [0.5, 0.6) is 0 Å². The number of hydrogen-bond acceptors (Lipinski definition) is 1. The van der Waals surface area contributed by atoms with E-state index >= 15 is 0 Å². The molecule has 0 saturated heterocycles. The number of allylic oxidation sites excluding steroid dienone is 2. The number of carboxylic acid groups (broad SMARTS) is 1. The number of hydrogen-bond donors (Lipinski definition) is 1. The first-order chi connectivity index (χ1) is 10.2. The van der Waals surface area contributed by atoms with Crippen LogP contribution in [0.1, 0.15) is 79.6 Å². The lowest BCUT2D eigenvalue weighted by molar-refractivity contribution is -0.138. The number of rotatable bonds is 5. The van der Waals surface area contributed by atoms with Gasteiger partial charge in [-0.1, -0.05) is 39.3 Å². The first-order valence-corrected chi connectivity index (χ1v) is 9.09. The van der Waals surface area contributed by atoms with Gasteiger partial charge in [0.15, 0.2) is 0 Å². The maximum atomic E-state index is 10.9. The highest BCUT2D eigenvalue weighted by atomic mass is 16.4. The van der Waals surface area contributed by atoms with Crippen LogP contribution in [-0.4, -0.2) is 11.1 Å². The van der Waals surface area contributed by atoms with Gasteiger partial charge in [0.05, 0.1) is 0 Å². The monoisotopic (exact) mass is 306 g/mol. The number of carboxylic acids is 1. The molecule has 0 spiro atoms. The van der Waals surface area contributed by atoms with Crippen LogP contribution in [0.25, 0.3) is 0 Å². The third-order valence-corrected chi connectivity index (χ3v) is 7.29. The first kappa shape index (κ1) is 17.6. The molecule has 2 heteroatoms. The number of fused-ring (bicyclic) bond motifs is 1. The van der Waals surface area contributed by atoms with Crippen molar-refractivity contribution >= 4 is 5.97 Å². The Balaban J connectivity index is 2.15. The van der Waals surface area contributed by atoms with Crippen LogP contribution in [0.15, 0.2) is 11.6 Å². The Kier molecular flexibility index (Phi) is 5.09. The van der Waals surface area contributed by atoms with Gasteiger partial charge in [0.1, 0.15) is 0 Å². The van der Waals surface area contributed by atoms with E-state index in [1.54, 1.807) is 5.57 Å². The van der Waals surface area contributed by atoms with Crippen LogP contribution in [0.4, 0.5) is 0 Å². The first-order valence-electron chi connectivity index (χ1n) is 9.09. The molecule has 0 amide bonds. The third-order valence-electron chi connectivity index (χ3n) is 7.29. The summed E-state index contributed by atoms with van der Waals surface area (Å²) in [6.07, 6.45) is 10.1. The summed E-state index contributed by atoms with van der Waals surface area (Å²) in [6.45, 7) is 11.8. The van der Waals surface area contributed by atoms with Crippen molar-refractivity contribution in [1.29, 1.82) is 0 Å². The van der Waals surface area contributed by atoms with Crippen LogP contribution >= 0.6 is 0 Å². The quantitative estimate of drug-likeness (QED) is 0.664. The van der Waals surface area contributed by atoms with Gasteiger partial charge in [0, 0.05) is 6.42 Å². The molecule has 0 bridgehead atoms. The fourth-order valence-corrected chi connectivity index (χ4v) is 5.29. The van der Waals surface area contributed by atoms with Crippen molar-refractivity contribution in [2.24, 2.45) is 28.6 Å². The van der Waals surface area contributed by atoms with Gasteiger partial charge in [0.25, 0.3) is 0 Å². The molecular weight excluding hydrogens is 272 g/mol. The Morgan fingerprint density at radius 1 is 1.41 bits per heavy atom. The average molecular weight is 306 g/mol. The van der Waals surface area contributed by atoms with E-state index in [1.165, 1.54) is 32.1 Å². The van der Waals surface area contributed by atoms with Gasteiger partial charge < -0.3 is 5.11 Å². The van der Waals surface area contributed by atoms with E-state index in [0.29, 0.717) is 17.3 Å². The van der Waals surface area contributed by atoms with Crippen molar-refractivity contribution in [3.8, 4) is 0 Å². The smallest absolute Gasteiger partial charge is 0.303 e. The van der Waals surface area contributed by atoms with Crippen molar-refractivity contribution in [3.63, 3.8) is 0 Å². The summed E-state index contributed by atoms with van der Waals surface area (Å²) in [7, 11) is 0. The summed E-state index contributed by atoms with van der Waals surface area (Å²) in [5.41, 5.74) is 2.32. The van der Waals surface area contributed by atoms with Crippen LogP contribution in [-0.2, 0) is 4.79 Å². The Labute approximate surface area is 136 Å². The van der Waals surface area contributed by atoms with Crippen molar-refractivity contribution in [2.75, 3.05) is 0 Å². The van der Waals surface area contributed by atoms with E-state index < -0.39 is 5.97 Å². The van der Waals surface area contributed by atoms with E-state index in [1.807, 2.05) is 0 Å². The summed E-state index contributed by atoms with van der Waals surface area (Å²) in [5, 5.41) is 8.99. The second-order valence-corrected chi connectivity index (χ2v) is 8.62. The molecule has 5 atom stereocenters. The highest BCUT2D eigenvalue weighted by Crippen LogP contribution is 2.61. The highest BCUT2D eigenvalue weighted by Gasteiger charge is 2.52. The van der Waals surface area contributed by atoms with Gasteiger partial charge in [-0.3, -0.25) is 4.79 Å². The molecule has 2 nitrogen and oxygen atoms in total. The zero-order valence-electron chi connectivity index (χ0n) is 15.1. The Morgan fingerprint density at radius 2 is 2.09 bits per heavy atom. The topological polar surface area (TPSA) is 37.3 Å². The second-order valence-electron chi connectivity index (χ2n) is 8.62. The van der Waals surface area contributed by atoms with Gasteiger partial charge >= 0.3 is 5.97 Å². The molecule has 0 heterocycles. The van der Waals surface area contributed by atoms with Gasteiger partial charge in [-0.25, -0.2) is 0 Å². The fourth-order valence-electron chi connectivity index (χ4n) is 5.29. The minimum Gasteiger partial charge on any atom is -0.481 e. The van der Waals surface area contributed by atoms with Crippen LogP contribution in [0.3, 0.4) is 0 Å². The minimum atomic E-state index is -0.657. The summed E-state index contributed by atoms with van der Waals surface area (Å²) < 4.78 is 0. The van der Waals surface area contributed by atoms with Crippen molar-refractivity contribution in [3.05, 3.63) is 11.6 Å². The SMILES string of the molecule is CC1=CCC[C@H]2[C@](C)(CC[C@@H](C)CC(=O)O)[C@@H](C)CC[C@@]12C. The zero-order chi connectivity index (χ0) is 16.5. The van der Waals surface area contributed by atoms with Crippen molar-refractivity contribution in [2.45, 2.75) is 79.6 Å². The predicted molar refractivity (Wildman–Crippen MR) is 91.7 cm³/mol. The largest absolute Gasteiger partial charge is 0.481 e. The Hall–Kier alpha value is -0.790. The summed E-state index contributed by atoms with van der Waals surface area (Å²) in [4.78, 5) is 10.9. The Morgan fingerprint density at radius 3 is 2.73 bits per heavy atom. The maximum Gasteiger partial charge on any atom is 0.303 e. The molecule has 1 saturated carbocycles. The van der Waals surface area contributed by atoms with E-state index in [9.17, 15) is 4.79 Å². The summed E-state index contributed by atoms with van der Waals surface area (Å²) in [5.74, 6) is 1.13. The van der Waals surface area contributed by atoms with Gasteiger partial charge in [0.2, 0.25) is 0 Å². The van der Waals surface area contributed by atoms with E-state index in [0.717, 1.165) is 18.3 Å². The molecule has 2 aliphatic rings. The Bertz CT molecular complexity index is 453. The minimum absolute atomic E-state index is 0.287. The van der Waals surface area contributed by atoms with E-state index in [4.69, 9.17) is 5.11 Å². The van der Waals surface area contributed by atoms with Gasteiger partial charge in [-0.15, -0.1) is 0 Å². The lowest BCUT2D eigenvalue weighted by atomic mass is 9.47. The number of aliphatic carboxylic acids is 1. The molecule has 0 aliphatic heterocycles. The highest BCUT2D eigenvalue weighted by molar-refractivity contribution is 5.66. The molecule has 0 aromatic heterocycles. The molecule has 126 valence electrons. The summed E-state index contributed by atoms with van der Waals surface area (Å²) in [6, 6.07) is 0. The van der Waals surface area contributed by atoms with Crippen LogP contribution < -0.4 is 0 Å². The molecule has 0 aromatic carbocycles. The van der Waals surface area contributed by atoms with Crippen LogP contribution in [0, 0.1) is 28.6 Å². The molecular formula is C20H34O2. The second kappa shape index (κ2) is 6.37. The molecule has 0 unspecified atom stereocenters. The fraction of sp³-hybridized carbons (Fsp3) is 0.850.